The van der Waals surface area contributed by atoms with Gasteiger partial charge in [0.1, 0.15) is 6.07 Å². The summed E-state index contributed by atoms with van der Waals surface area (Å²) in [6.45, 7) is 1.79. The van der Waals surface area contributed by atoms with Gasteiger partial charge in [-0.2, -0.15) is 5.26 Å². The summed E-state index contributed by atoms with van der Waals surface area (Å²) in [5, 5.41) is 22.0. The van der Waals surface area contributed by atoms with E-state index in [1.807, 2.05) is 6.07 Å². The van der Waals surface area contributed by atoms with E-state index in [4.69, 9.17) is 11.0 Å². The van der Waals surface area contributed by atoms with Gasteiger partial charge in [-0.25, -0.2) is 0 Å². The fraction of sp³-hybridized carbons (Fsp3) is 0.333. The lowest BCUT2D eigenvalue weighted by Crippen LogP contribution is -2.19. The molecule has 1 amide bonds. The van der Waals surface area contributed by atoms with Crippen LogP contribution in [0.2, 0.25) is 0 Å². The van der Waals surface area contributed by atoms with Crippen molar-refractivity contribution >= 4 is 17.3 Å². The van der Waals surface area contributed by atoms with Crippen molar-refractivity contribution in [1.82, 2.24) is 0 Å². The first-order valence-electron chi connectivity index (χ1n) is 5.68. The molecule has 7 heteroatoms. The number of nitrogens with two attached hydrogens (primary N) is 1. The van der Waals surface area contributed by atoms with Crippen LogP contribution in [-0.2, 0) is 4.79 Å². The normalized spacial score (nSPS) is 11.4. The Morgan fingerprint density at radius 2 is 2.32 bits per heavy atom. The number of anilines is 1. The Morgan fingerprint density at radius 3 is 2.84 bits per heavy atom. The van der Waals surface area contributed by atoms with Crippen LogP contribution in [0.25, 0.3) is 0 Å². The van der Waals surface area contributed by atoms with Gasteiger partial charge in [0.05, 0.1) is 16.2 Å². The van der Waals surface area contributed by atoms with Gasteiger partial charge in [-0.15, -0.1) is 0 Å². The molecule has 19 heavy (non-hydrogen) atoms. The Balaban J connectivity index is 2.81. The lowest BCUT2D eigenvalue weighted by molar-refractivity contribution is -0.384. The molecule has 0 radical (unpaired) electrons. The van der Waals surface area contributed by atoms with Gasteiger partial charge in [0, 0.05) is 24.6 Å². The quantitative estimate of drug-likeness (QED) is 0.615. The molecule has 0 heterocycles. The Morgan fingerprint density at radius 1 is 1.63 bits per heavy atom. The minimum Gasteiger partial charge on any atom is -0.328 e. The summed E-state index contributed by atoms with van der Waals surface area (Å²) in [4.78, 5) is 21.6. The lowest BCUT2D eigenvalue weighted by atomic mass is 10.1. The Labute approximate surface area is 110 Å². The highest BCUT2D eigenvalue weighted by atomic mass is 16.6. The molecule has 3 N–H and O–H groups in total. The molecule has 0 aliphatic carbocycles. The molecular weight excluding hydrogens is 248 g/mol. The van der Waals surface area contributed by atoms with E-state index >= 15 is 0 Å². The summed E-state index contributed by atoms with van der Waals surface area (Å²) in [5.74, 6) is -0.275. The molecule has 7 nitrogen and oxygen atoms in total. The van der Waals surface area contributed by atoms with Crippen molar-refractivity contribution in [3.8, 4) is 6.07 Å². The summed E-state index contributed by atoms with van der Waals surface area (Å²) >= 11 is 0. The maximum Gasteiger partial charge on any atom is 0.270 e. The standard InChI is InChI=1S/C12H14N4O3/c1-8(14)2-5-12(17)15-11-4-3-10(16(18)19)6-9(11)7-13/h3-4,6,8H,2,5,14H2,1H3,(H,15,17). The number of nitrogens with one attached hydrogen (secondary N) is 1. The van der Waals surface area contributed by atoms with Crippen molar-refractivity contribution in [2.24, 2.45) is 5.73 Å². The van der Waals surface area contributed by atoms with Crippen LogP contribution in [0.5, 0.6) is 0 Å². The molecule has 1 rings (SSSR count). The average molecular weight is 262 g/mol. The van der Waals surface area contributed by atoms with Crippen LogP contribution in [-0.4, -0.2) is 16.9 Å². The van der Waals surface area contributed by atoms with Crippen LogP contribution in [0.1, 0.15) is 25.3 Å². The molecule has 0 bridgehead atoms. The van der Waals surface area contributed by atoms with Crippen molar-refractivity contribution < 1.29 is 9.72 Å². The zero-order valence-corrected chi connectivity index (χ0v) is 10.4. The first-order valence-corrected chi connectivity index (χ1v) is 5.68. The maximum absolute atomic E-state index is 11.6. The SMILES string of the molecule is CC(N)CCC(=O)Nc1ccc([N+](=O)[O-])cc1C#N. The van der Waals surface area contributed by atoms with Crippen molar-refractivity contribution in [3.05, 3.63) is 33.9 Å². The highest BCUT2D eigenvalue weighted by Crippen LogP contribution is 2.21. The molecule has 100 valence electrons. The van der Waals surface area contributed by atoms with E-state index in [1.165, 1.54) is 12.1 Å². The Hall–Kier alpha value is -2.46. The molecule has 0 aliphatic heterocycles. The second-order valence-corrected chi connectivity index (χ2v) is 4.16. The molecule has 0 spiro atoms. The topological polar surface area (TPSA) is 122 Å². The molecule has 1 unspecified atom stereocenters. The van der Waals surface area contributed by atoms with Gasteiger partial charge < -0.3 is 11.1 Å². The Kier molecular flexibility index (Phi) is 4.97. The van der Waals surface area contributed by atoms with Gasteiger partial charge in [0.2, 0.25) is 5.91 Å². The van der Waals surface area contributed by atoms with Gasteiger partial charge in [-0.1, -0.05) is 0 Å². The van der Waals surface area contributed by atoms with Gasteiger partial charge in [-0.3, -0.25) is 14.9 Å². The van der Waals surface area contributed by atoms with Gasteiger partial charge in [-0.05, 0) is 19.4 Å². The van der Waals surface area contributed by atoms with Crippen LogP contribution in [0.4, 0.5) is 11.4 Å². The van der Waals surface area contributed by atoms with Crippen LogP contribution >= 0.6 is 0 Å². The van der Waals surface area contributed by atoms with Crippen molar-refractivity contribution in [1.29, 1.82) is 5.26 Å². The third-order valence-corrected chi connectivity index (χ3v) is 2.44. The number of rotatable bonds is 5. The summed E-state index contributed by atoms with van der Waals surface area (Å²) in [6.07, 6.45) is 0.764. The van der Waals surface area contributed by atoms with Gasteiger partial charge >= 0.3 is 0 Å². The van der Waals surface area contributed by atoms with E-state index in [9.17, 15) is 14.9 Å². The fourth-order valence-electron chi connectivity index (χ4n) is 1.42. The number of nitriles is 1. The molecule has 1 atom stereocenters. The average Bonchev–Trinajstić information content (AvgIpc) is 2.36. The zero-order valence-electron chi connectivity index (χ0n) is 10.4. The third-order valence-electron chi connectivity index (χ3n) is 2.44. The van der Waals surface area contributed by atoms with Crippen LogP contribution in [0, 0.1) is 21.4 Å². The first kappa shape index (κ1) is 14.6. The molecule has 0 fully saturated rings. The van der Waals surface area contributed by atoms with Crippen molar-refractivity contribution in [2.45, 2.75) is 25.8 Å². The van der Waals surface area contributed by atoms with Crippen molar-refractivity contribution in [3.63, 3.8) is 0 Å². The number of carbonyl (C=O) groups is 1. The molecule has 0 aromatic heterocycles. The number of benzene rings is 1. The zero-order chi connectivity index (χ0) is 14.4. The van der Waals surface area contributed by atoms with Crippen LogP contribution < -0.4 is 11.1 Å². The third kappa shape index (κ3) is 4.37. The van der Waals surface area contributed by atoms with E-state index in [0.29, 0.717) is 6.42 Å². The van der Waals surface area contributed by atoms with E-state index in [-0.39, 0.29) is 35.3 Å². The summed E-state index contributed by atoms with van der Waals surface area (Å²) in [7, 11) is 0. The monoisotopic (exact) mass is 262 g/mol. The first-order chi connectivity index (χ1) is 8.93. The predicted molar refractivity (Wildman–Crippen MR) is 69.3 cm³/mol. The van der Waals surface area contributed by atoms with E-state index < -0.39 is 4.92 Å². The second-order valence-electron chi connectivity index (χ2n) is 4.16. The number of nitro groups is 1. The molecule has 0 saturated heterocycles. The smallest absolute Gasteiger partial charge is 0.270 e. The van der Waals surface area contributed by atoms with Gasteiger partial charge in [0.15, 0.2) is 0 Å². The number of non-ortho nitro benzene ring substituents is 1. The molecule has 1 aromatic carbocycles. The van der Waals surface area contributed by atoms with Crippen LogP contribution in [0.15, 0.2) is 18.2 Å². The van der Waals surface area contributed by atoms with Gasteiger partial charge in [0.25, 0.3) is 5.69 Å². The summed E-state index contributed by atoms with van der Waals surface area (Å²) < 4.78 is 0. The van der Waals surface area contributed by atoms with E-state index in [2.05, 4.69) is 5.32 Å². The Bertz CT molecular complexity index is 534. The number of nitro benzene ring substituents is 1. The van der Waals surface area contributed by atoms with Crippen molar-refractivity contribution in [2.75, 3.05) is 5.32 Å². The second kappa shape index (κ2) is 6.47. The largest absolute Gasteiger partial charge is 0.328 e. The number of hydrogen-bond donors (Lipinski definition) is 2. The minimum atomic E-state index is -0.595. The molecule has 1 aromatic rings. The molecule has 0 saturated carbocycles. The molecule has 0 aliphatic rings. The summed E-state index contributed by atoms with van der Waals surface area (Å²) in [6, 6.07) is 5.44. The molecular formula is C12H14N4O3. The van der Waals surface area contributed by atoms with E-state index in [1.54, 1.807) is 6.92 Å². The number of hydrogen-bond acceptors (Lipinski definition) is 5. The minimum absolute atomic E-state index is 0.0587. The summed E-state index contributed by atoms with van der Waals surface area (Å²) in [5.41, 5.74) is 5.67. The predicted octanol–water partition coefficient (Wildman–Crippen LogP) is 1.53. The number of amides is 1. The number of carbonyl (C=O) groups excluding carboxylic acids is 1. The number of nitrogens with zero attached hydrogens (tertiary/aromatic N) is 2. The van der Waals surface area contributed by atoms with E-state index in [0.717, 1.165) is 6.07 Å². The fourth-order valence-corrected chi connectivity index (χ4v) is 1.42. The van der Waals surface area contributed by atoms with Crippen LogP contribution in [0.3, 0.4) is 0 Å². The highest BCUT2D eigenvalue weighted by molar-refractivity contribution is 5.92. The lowest BCUT2D eigenvalue weighted by Gasteiger charge is -2.08. The maximum atomic E-state index is 11.6. The highest BCUT2D eigenvalue weighted by Gasteiger charge is 2.12.